The fraction of sp³-hybridized carbons (Fsp3) is 0.424. The quantitative estimate of drug-likeness (QED) is 0.0227. The zero-order valence-electron chi connectivity index (χ0n) is 42.9. The largest absolute Gasteiger partial charge is 0.494 e. The average molecular weight is 982 g/mol. The van der Waals surface area contributed by atoms with Crippen molar-refractivity contribution >= 4 is 62.6 Å². The molecule has 0 amide bonds. The number of benzene rings is 5. The van der Waals surface area contributed by atoms with Gasteiger partial charge >= 0.3 is 0 Å². The Morgan fingerprint density at radius 3 is 2.19 bits per heavy atom. The van der Waals surface area contributed by atoms with Crippen LogP contribution in [0.25, 0.3) is 27.1 Å². The molecule has 0 saturated heterocycles. The Morgan fingerprint density at radius 1 is 0.843 bits per heavy atom. The Morgan fingerprint density at radius 2 is 1.51 bits per heavy atom. The van der Waals surface area contributed by atoms with Gasteiger partial charge in [-0.05, 0) is 135 Å². The minimum atomic E-state index is -4.14. The second kappa shape index (κ2) is 22.9. The molecule has 1 N–H and O–H groups in total. The molecule has 9 nitrogen and oxygen atoms in total. The van der Waals surface area contributed by atoms with Gasteiger partial charge in [-0.2, -0.15) is 18.3 Å². The van der Waals surface area contributed by atoms with Gasteiger partial charge in [-0.15, -0.1) is 0 Å². The van der Waals surface area contributed by atoms with Crippen LogP contribution in [0.4, 0.5) is 11.4 Å². The highest BCUT2D eigenvalue weighted by Crippen LogP contribution is 2.51. The summed E-state index contributed by atoms with van der Waals surface area (Å²) in [7, 11) is -5.00. The number of anilines is 1. The molecule has 1 atom stereocenters. The fourth-order valence-corrected chi connectivity index (χ4v) is 13.3. The maximum atomic E-state index is 12.0. The van der Waals surface area contributed by atoms with Crippen molar-refractivity contribution in [2.75, 3.05) is 43.1 Å². The van der Waals surface area contributed by atoms with Crippen LogP contribution in [-0.2, 0) is 25.5 Å². The summed E-state index contributed by atoms with van der Waals surface area (Å²) >= 11 is 0. The van der Waals surface area contributed by atoms with Gasteiger partial charge in [0.05, 0.1) is 30.5 Å². The minimum Gasteiger partial charge on any atom is -0.494 e. The molecule has 0 saturated carbocycles. The molecule has 11 heteroatoms. The van der Waals surface area contributed by atoms with Gasteiger partial charge in [-0.1, -0.05) is 100.0 Å². The molecule has 0 fully saturated rings. The van der Waals surface area contributed by atoms with Gasteiger partial charge in [0.1, 0.15) is 20.6 Å². The highest BCUT2D eigenvalue weighted by atomic mass is 32.2. The Balaban J connectivity index is 1.25. The van der Waals surface area contributed by atoms with Crippen LogP contribution in [0.1, 0.15) is 118 Å². The lowest BCUT2D eigenvalue weighted by Gasteiger charge is -2.37. The second-order valence-electron chi connectivity index (χ2n) is 20.3. The maximum Gasteiger partial charge on any atom is 0.265 e. The highest BCUT2D eigenvalue weighted by Gasteiger charge is 2.46. The number of hydrogen-bond acceptors (Lipinski definition) is 7. The predicted molar refractivity (Wildman–Crippen MR) is 293 cm³/mol. The molecule has 1 unspecified atom stereocenters. The first-order chi connectivity index (χ1) is 33.5. The summed E-state index contributed by atoms with van der Waals surface area (Å²) in [5, 5.41) is 14.2. The van der Waals surface area contributed by atoms with E-state index in [2.05, 4.69) is 198 Å². The molecule has 0 radical (unpaired) electrons. The minimum absolute atomic E-state index is 0.272. The number of nitrogens with zero attached hydrogens (tertiary/aromatic N) is 4. The molecule has 0 aliphatic carbocycles. The molecule has 0 spiro atoms. The van der Waals surface area contributed by atoms with Gasteiger partial charge < -0.3 is 14.2 Å². The van der Waals surface area contributed by atoms with Crippen LogP contribution >= 0.6 is 8.30 Å². The van der Waals surface area contributed by atoms with Gasteiger partial charge in [0, 0.05) is 72.1 Å². The van der Waals surface area contributed by atoms with Gasteiger partial charge in [0.15, 0.2) is 5.71 Å². The van der Waals surface area contributed by atoms with Crippen LogP contribution < -0.4 is 9.64 Å². The van der Waals surface area contributed by atoms with Crippen LogP contribution in [0.15, 0.2) is 127 Å². The van der Waals surface area contributed by atoms with Crippen molar-refractivity contribution in [3.05, 3.63) is 144 Å². The van der Waals surface area contributed by atoms with Crippen molar-refractivity contribution in [2.24, 2.45) is 0 Å². The number of ether oxygens (including phenoxy) is 1. The number of hydrogen-bond donors (Lipinski definition) is 1. The van der Waals surface area contributed by atoms with Gasteiger partial charge in [0.2, 0.25) is 5.69 Å². The first-order valence-corrected chi connectivity index (χ1v) is 28.3. The zero-order chi connectivity index (χ0) is 50.2. The van der Waals surface area contributed by atoms with Crippen LogP contribution in [0.5, 0.6) is 5.75 Å². The van der Waals surface area contributed by atoms with Crippen molar-refractivity contribution in [2.45, 2.75) is 124 Å². The lowest BCUT2D eigenvalue weighted by molar-refractivity contribution is -0.437. The lowest BCUT2D eigenvalue weighted by atomic mass is 9.79. The van der Waals surface area contributed by atoms with E-state index in [4.69, 9.17) is 9.26 Å². The molecule has 0 aromatic heterocycles. The molecule has 0 bridgehead atoms. The van der Waals surface area contributed by atoms with Crippen LogP contribution in [-0.4, -0.2) is 78.2 Å². The van der Waals surface area contributed by atoms with E-state index in [0.29, 0.717) is 38.3 Å². The van der Waals surface area contributed by atoms with E-state index in [1.165, 1.54) is 38.7 Å². The molecule has 5 aromatic rings. The molecule has 2 heterocycles. The molecular weight excluding hydrogens is 908 g/mol. The first-order valence-electron chi connectivity index (χ1n) is 25.3. The third-order valence-corrected chi connectivity index (χ3v) is 17.1. The van der Waals surface area contributed by atoms with Crippen molar-refractivity contribution in [1.82, 2.24) is 4.67 Å². The Hall–Kier alpha value is -5.14. The summed E-state index contributed by atoms with van der Waals surface area (Å²) in [4.78, 5) is 2.52. The van der Waals surface area contributed by atoms with E-state index in [9.17, 15) is 18.2 Å². The number of allylic oxidation sites excluding steroid dienone is 6. The third-order valence-electron chi connectivity index (χ3n) is 13.8. The predicted octanol–water partition coefficient (Wildman–Crippen LogP) is 14.3. The number of nitriles is 1. The molecular formula is C59H74N4O5PS+. The van der Waals surface area contributed by atoms with Gasteiger partial charge in [-0.25, -0.2) is 0 Å². The summed E-state index contributed by atoms with van der Waals surface area (Å²) in [5.41, 5.74) is 8.46. The molecule has 5 aromatic carbocycles. The molecule has 2 aliphatic heterocycles. The summed E-state index contributed by atoms with van der Waals surface area (Å²) in [5.74, 6) is 0.472. The van der Waals surface area contributed by atoms with Gasteiger partial charge in [0.25, 0.3) is 10.1 Å². The van der Waals surface area contributed by atoms with E-state index in [1.54, 1.807) is 0 Å². The third kappa shape index (κ3) is 11.8. The van der Waals surface area contributed by atoms with E-state index in [0.717, 1.165) is 72.1 Å². The van der Waals surface area contributed by atoms with Crippen LogP contribution in [0.3, 0.4) is 0 Å². The van der Waals surface area contributed by atoms with Crippen LogP contribution in [0, 0.1) is 11.3 Å². The Kier molecular flexibility index (Phi) is 17.3. The molecule has 70 heavy (non-hydrogen) atoms. The molecule has 370 valence electrons. The standard InChI is InChI=1S/C59H73N4O5PS/c1-10-11-36-61-52-31-27-46-21-12-14-25-50(46)56(52)58(6,7)54(61)33-29-45(48-23-18-24-49(42-48)67-38-16-17-39-68-69(40-19-35-60)63(43(2)3)44(4)5)30-34-55-59(8,9)57-51-26-15-13-22-47(51)28-32-53(57)62(55)37-20-41-70(64,65)66/h12-15,18,21-34,42-44H,10-11,16-17,19-20,36-41H2,1-9H3/p+1. The SMILES string of the molecule is CCCCN1C(=CC=C(C=CC2=[N+](CCCS(=O)(=O)O)c3ccc4ccccc4c3C2(C)C)c2cccc(OCCCCOP(CCC#N)N(C(C)C)C(C)C)c2)C(C)(C)c2c1ccc1ccccc21. The van der Waals surface area contributed by atoms with E-state index in [-0.39, 0.29) is 17.6 Å². The number of rotatable bonds is 23. The Labute approximate surface area is 419 Å². The van der Waals surface area contributed by atoms with Gasteiger partial charge in [-0.3, -0.25) is 9.22 Å². The monoisotopic (exact) mass is 982 g/mol. The smallest absolute Gasteiger partial charge is 0.265 e. The average Bonchev–Trinajstić information content (AvgIpc) is 3.68. The van der Waals surface area contributed by atoms with Crippen LogP contribution in [0.2, 0.25) is 0 Å². The topological polar surface area (TPSA) is 106 Å². The number of unbranched alkanes of at least 4 members (excludes halogenated alkanes) is 2. The van der Waals surface area contributed by atoms with Crippen molar-refractivity contribution in [3.8, 4) is 11.8 Å². The summed E-state index contributed by atoms with van der Waals surface area (Å²) in [6.07, 6.45) is 14.3. The first kappa shape index (κ1) is 52.7. The summed E-state index contributed by atoms with van der Waals surface area (Å²) < 4.78 is 51.3. The lowest BCUT2D eigenvalue weighted by Crippen LogP contribution is -2.33. The number of fused-ring (bicyclic) bond motifs is 6. The Bertz CT molecular complexity index is 2940. The fourth-order valence-electron chi connectivity index (χ4n) is 10.7. The molecule has 2 aliphatic rings. The maximum absolute atomic E-state index is 12.0. The zero-order valence-corrected chi connectivity index (χ0v) is 44.6. The van der Waals surface area contributed by atoms with Crippen molar-refractivity contribution in [1.29, 1.82) is 5.26 Å². The van der Waals surface area contributed by atoms with E-state index < -0.39 is 23.8 Å². The normalized spacial score (nSPS) is 16.7. The van der Waals surface area contributed by atoms with Crippen molar-refractivity contribution < 1.29 is 26.8 Å². The summed E-state index contributed by atoms with van der Waals surface area (Å²) in [6.45, 7) is 22.7. The van der Waals surface area contributed by atoms with Crippen molar-refractivity contribution in [3.63, 3.8) is 0 Å². The van der Waals surface area contributed by atoms with E-state index in [1.807, 2.05) is 6.07 Å². The molecule has 7 rings (SSSR count). The second-order valence-corrected chi connectivity index (χ2v) is 23.7. The summed E-state index contributed by atoms with van der Waals surface area (Å²) in [6, 6.07) is 37.3. The highest BCUT2D eigenvalue weighted by molar-refractivity contribution is 7.85. The van der Waals surface area contributed by atoms with E-state index >= 15 is 0 Å².